The van der Waals surface area contributed by atoms with Crippen LogP contribution in [0.25, 0.3) is 0 Å². The molecule has 156 valence electrons. The fraction of sp³-hybridized carbons (Fsp3) is 0.400. The summed E-state index contributed by atoms with van der Waals surface area (Å²) in [7, 11) is 1.46. The Kier molecular flexibility index (Phi) is 5.95. The maximum absolute atomic E-state index is 13.5. The monoisotopic (exact) mass is 411 g/mol. The summed E-state index contributed by atoms with van der Waals surface area (Å²) >= 11 is 0. The van der Waals surface area contributed by atoms with E-state index in [0.717, 1.165) is 18.2 Å². The Morgan fingerprint density at radius 3 is 2.52 bits per heavy atom. The molecule has 29 heavy (non-hydrogen) atoms. The lowest BCUT2D eigenvalue weighted by Gasteiger charge is -2.19. The number of alkyl halides is 4. The third-order valence-electron chi connectivity index (χ3n) is 4.84. The van der Waals surface area contributed by atoms with Gasteiger partial charge in [-0.3, -0.25) is 4.79 Å². The number of aryl methyl sites for hydroxylation is 1. The van der Waals surface area contributed by atoms with Crippen molar-refractivity contribution in [3.63, 3.8) is 0 Å². The summed E-state index contributed by atoms with van der Waals surface area (Å²) in [5, 5.41) is 5.57. The van der Waals surface area contributed by atoms with Crippen LogP contribution in [0.15, 0.2) is 30.3 Å². The number of pyridine rings is 1. The molecule has 1 heterocycles. The van der Waals surface area contributed by atoms with Gasteiger partial charge in [-0.1, -0.05) is 0 Å². The van der Waals surface area contributed by atoms with Gasteiger partial charge in [-0.25, -0.2) is 9.37 Å². The third-order valence-corrected chi connectivity index (χ3v) is 4.84. The molecule has 1 aliphatic carbocycles. The van der Waals surface area contributed by atoms with Crippen molar-refractivity contribution in [2.45, 2.75) is 44.6 Å². The molecule has 1 aromatic carbocycles. The second-order valence-electron chi connectivity index (χ2n) is 6.95. The number of carbonyl (C=O) groups excluding carboxylic acids is 1. The van der Waals surface area contributed by atoms with Gasteiger partial charge >= 0.3 is 6.18 Å². The summed E-state index contributed by atoms with van der Waals surface area (Å²) < 4.78 is 57.9. The van der Waals surface area contributed by atoms with Crippen molar-refractivity contribution in [1.29, 1.82) is 0 Å². The van der Waals surface area contributed by atoms with Crippen LogP contribution in [0.5, 0.6) is 5.88 Å². The molecule has 1 fully saturated rings. The van der Waals surface area contributed by atoms with Gasteiger partial charge in [0.25, 0.3) is 5.91 Å². The van der Waals surface area contributed by atoms with Crippen molar-refractivity contribution in [2.75, 3.05) is 17.7 Å². The zero-order valence-corrected chi connectivity index (χ0v) is 15.9. The van der Waals surface area contributed by atoms with Gasteiger partial charge in [-0.05, 0) is 50.5 Å². The summed E-state index contributed by atoms with van der Waals surface area (Å²) in [4.78, 5) is 16.9. The lowest BCUT2D eigenvalue weighted by Crippen LogP contribution is -2.21. The molecule has 1 saturated carbocycles. The highest BCUT2D eigenvalue weighted by molar-refractivity contribution is 6.08. The standard InChI is InChI=1S/C20H21F4N3O2/c1-11-16(7-8-18(25-11)29-2)27-19(28)15-6-3-12(20(22,23)24)9-17(15)26-14-5-4-13(21)10-14/h3,6-9,13-14,26H,4-5,10H2,1-2H3,(H,27,28). The number of nitrogens with one attached hydrogen (secondary N) is 2. The first-order valence-corrected chi connectivity index (χ1v) is 9.12. The quantitative estimate of drug-likeness (QED) is 0.682. The number of benzene rings is 1. The molecule has 1 aromatic heterocycles. The van der Waals surface area contributed by atoms with Crippen LogP contribution in [0.1, 0.15) is 40.9 Å². The van der Waals surface area contributed by atoms with Gasteiger partial charge in [0.05, 0.1) is 29.6 Å². The van der Waals surface area contributed by atoms with Gasteiger partial charge < -0.3 is 15.4 Å². The number of hydrogen-bond donors (Lipinski definition) is 2. The van der Waals surface area contributed by atoms with Crippen LogP contribution < -0.4 is 15.4 Å². The Labute approximate surface area is 165 Å². The molecule has 0 saturated heterocycles. The lowest BCUT2D eigenvalue weighted by molar-refractivity contribution is -0.137. The number of nitrogens with zero attached hydrogens (tertiary/aromatic N) is 1. The number of hydrogen-bond acceptors (Lipinski definition) is 4. The summed E-state index contributed by atoms with van der Waals surface area (Å²) in [6.07, 6.45) is -4.53. The molecule has 2 atom stereocenters. The van der Waals surface area contributed by atoms with Crippen molar-refractivity contribution in [3.05, 3.63) is 47.2 Å². The SMILES string of the molecule is COc1ccc(NC(=O)c2ccc(C(F)(F)F)cc2NC2CCC(F)C2)c(C)n1. The van der Waals surface area contributed by atoms with Gasteiger partial charge in [0.1, 0.15) is 6.17 Å². The van der Waals surface area contributed by atoms with Crippen molar-refractivity contribution >= 4 is 17.3 Å². The maximum Gasteiger partial charge on any atom is 0.416 e. The number of anilines is 2. The molecule has 9 heteroatoms. The molecule has 2 unspecified atom stereocenters. The minimum atomic E-state index is -4.56. The fourth-order valence-electron chi connectivity index (χ4n) is 3.29. The average molecular weight is 411 g/mol. The number of ether oxygens (including phenoxy) is 1. The Hall–Kier alpha value is -2.84. The van der Waals surface area contributed by atoms with Gasteiger partial charge in [0, 0.05) is 17.8 Å². The molecule has 0 bridgehead atoms. The molecular weight excluding hydrogens is 390 g/mol. The van der Waals surface area contributed by atoms with Crippen molar-refractivity contribution in [1.82, 2.24) is 4.98 Å². The number of halogens is 4. The molecule has 0 spiro atoms. The fourth-order valence-corrected chi connectivity index (χ4v) is 3.29. The summed E-state index contributed by atoms with van der Waals surface area (Å²) in [6, 6.07) is 5.69. The van der Waals surface area contributed by atoms with Crippen LogP contribution in [0, 0.1) is 6.92 Å². The molecule has 0 aliphatic heterocycles. The normalized spacial score (nSPS) is 19.1. The molecule has 1 aliphatic rings. The van der Waals surface area contributed by atoms with E-state index in [0.29, 0.717) is 30.1 Å². The number of rotatable bonds is 5. The second-order valence-corrected chi connectivity index (χ2v) is 6.95. The first kappa shape index (κ1) is 20.9. The maximum atomic E-state index is 13.5. The minimum absolute atomic E-state index is 0.0237. The molecule has 2 aromatic rings. The van der Waals surface area contributed by atoms with Gasteiger partial charge in [-0.2, -0.15) is 13.2 Å². The van der Waals surface area contributed by atoms with E-state index in [9.17, 15) is 22.4 Å². The molecular formula is C20H21F4N3O2. The van der Waals surface area contributed by atoms with E-state index in [-0.39, 0.29) is 23.7 Å². The number of aromatic nitrogens is 1. The smallest absolute Gasteiger partial charge is 0.416 e. The van der Waals surface area contributed by atoms with Crippen molar-refractivity contribution < 1.29 is 27.1 Å². The first-order valence-electron chi connectivity index (χ1n) is 9.12. The Balaban J connectivity index is 1.89. The lowest BCUT2D eigenvalue weighted by atomic mass is 10.1. The van der Waals surface area contributed by atoms with E-state index >= 15 is 0 Å². The summed E-state index contributed by atoms with van der Waals surface area (Å²) in [5.74, 6) is -0.217. The third kappa shape index (κ3) is 4.96. The molecule has 3 rings (SSSR count). The highest BCUT2D eigenvalue weighted by atomic mass is 19.4. The zero-order valence-electron chi connectivity index (χ0n) is 15.9. The zero-order chi connectivity index (χ0) is 21.2. The Morgan fingerprint density at radius 1 is 1.17 bits per heavy atom. The van der Waals surface area contributed by atoms with Gasteiger partial charge in [-0.15, -0.1) is 0 Å². The summed E-state index contributed by atoms with van der Waals surface area (Å²) in [6.45, 7) is 1.67. The largest absolute Gasteiger partial charge is 0.481 e. The molecule has 2 N–H and O–H groups in total. The number of amides is 1. The topological polar surface area (TPSA) is 63.2 Å². The van der Waals surface area contributed by atoms with E-state index in [4.69, 9.17) is 4.74 Å². The van der Waals surface area contributed by atoms with E-state index in [1.54, 1.807) is 19.1 Å². The Morgan fingerprint density at radius 2 is 1.93 bits per heavy atom. The Bertz CT molecular complexity index is 902. The van der Waals surface area contributed by atoms with Crippen molar-refractivity contribution in [2.24, 2.45) is 0 Å². The van der Waals surface area contributed by atoms with Crippen LogP contribution in [0.2, 0.25) is 0 Å². The second kappa shape index (κ2) is 8.26. The van der Waals surface area contributed by atoms with Gasteiger partial charge in [0.15, 0.2) is 0 Å². The van der Waals surface area contributed by atoms with Crippen LogP contribution in [-0.2, 0) is 6.18 Å². The highest BCUT2D eigenvalue weighted by Crippen LogP contribution is 2.34. The highest BCUT2D eigenvalue weighted by Gasteiger charge is 2.32. The molecule has 1 amide bonds. The van der Waals surface area contributed by atoms with Crippen LogP contribution >= 0.6 is 0 Å². The van der Waals surface area contributed by atoms with E-state index < -0.39 is 23.8 Å². The first-order chi connectivity index (χ1) is 13.7. The van der Waals surface area contributed by atoms with E-state index in [2.05, 4.69) is 15.6 Å². The average Bonchev–Trinajstić information content (AvgIpc) is 3.07. The predicted octanol–water partition coefficient (Wildman–Crippen LogP) is 4.97. The van der Waals surface area contributed by atoms with Gasteiger partial charge in [0.2, 0.25) is 5.88 Å². The minimum Gasteiger partial charge on any atom is -0.481 e. The van der Waals surface area contributed by atoms with E-state index in [1.807, 2.05) is 0 Å². The number of carbonyl (C=O) groups is 1. The van der Waals surface area contributed by atoms with Crippen LogP contribution in [-0.4, -0.2) is 30.2 Å². The van der Waals surface area contributed by atoms with Crippen LogP contribution in [0.4, 0.5) is 28.9 Å². The van der Waals surface area contributed by atoms with Crippen molar-refractivity contribution in [3.8, 4) is 5.88 Å². The summed E-state index contributed by atoms with van der Waals surface area (Å²) in [5.41, 5.74) is 0.0845. The van der Waals surface area contributed by atoms with Crippen LogP contribution in [0.3, 0.4) is 0 Å². The molecule has 0 radical (unpaired) electrons. The number of methoxy groups -OCH3 is 1. The predicted molar refractivity (Wildman–Crippen MR) is 101 cm³/mol. The molecule has 5 nitrogen and oxygen atoms in total. The van der Waals surface area contributed by atoms with E-state index in [1.165, 1.54) is 7.11 Å².